The van der Waals surface area contributed by atoms with Gasteiger partial charge in [0.1, 0.15) is 12.1 Å². The second-order valence-corrected chi connectivity index (χ2v) is 7.39. The van der Waals surface area contributed by atoms with E-state index in [4.69, 9.17) is 16.6 Å². The minimum absolute atomic E-state index is 0.207. The first-order valence-electron chi connectivity index (χ1n) is 10.0. The number of hydrogen-bond acceptors (Lipinski definition) is 8. The monoisotopic (exact) mass is 431 g/mol. The molecule has 172 valence electrons. The Morgan fingerprint density at radius 1 is 1.20 bits per heavy atom. The summed E-state index contributed by atoms with van der Waals surface area (Å²) in [7, 11) is 0. The first-order valence-corrected chi connectivity index (χ1v) is 10.0. The first kappa shape index (κ1) is 25.8. The third-order valence-electron chi connectivity index (χ3n) is 4.99. The third-order valence-corrected chi connectivity index (χ3v) is 4.99. The summed E-state index contributed by atoms with van der Waals surface area (Å²) >= 11 is 0. The number of rotatable bonds is 12. The fraction of sp³-hybridized carbons (Fsp3) is 0.778. The van der Waals surface area contributed by atoms with Crippen LogP contribution in [0.5, 0.6) is 0 Å². The van der Waals surface area contributed by atoms with Crippen molar-refractivity contribution in [3.05, 3.63) is 0 Å². The quantitative estimate of drug-likeness (QED) is 0.155. The van der Waals surface area contributed by atoms with Gasteiger partial charge < -0.3 is 42.3 Å². The van der Waals surface area contributed by atoms with E-state index in [9.17, 15) is 29.4 Å². The van der Waals surface area contributed by atoms with Crippen molar-refractivity contribution < 1.29 is 34.5 Å². The van der Waals surface area contributed by atoms with Crippen molar-refractivity contribution in [1.29, 1.82) is 0 Å². The van der Waals surface area contributed by atoms with Gasteiger partial charge in [0.05, 0.1) is 18.8 Å². The zero-order chi connectivity index (χ0) is 22.8. The number of likely N-dealkylation sites (tertiary alicyclic amines) is 1. The molecular weight excluding hydrogens is 398 g/mol. The number of carbonyl (C=O) groups is 4. The number of aliphatic hydroxyl groups excluding tert-OH is 2. The van der Waals surface area contributed by atoms with Gasteiger partial charge in [-0.15, -0.1) is 0 Å². The number of hydrogen-bond donors (Lipinski definition) is 7. The van der Waals surface area contributed by atoms with Crippen LogP contribution in [0.3, 0.4) is 0 Å². The third kappa shape index (κ3) is 7.20. The topological polar surface area (TPSA) is 208 Å². The molecule has 1 rings (SSSR count). The van der Waals surface area contributed by atoms with E-state index in [2.05, 4.69) is 10.6 Å². The van der Waals surface area contributed by atoms with Gasteiger partial charge in [0.25, 0.3) is 0 Å². The van der Waals surface area contributed by atoms with Crippen molar-refractivity contribution >= 4 is 23.7 Å². The van der Waals surface area contributed by atoms with Gasteiger partial charge in [0.2, 0.25) is 17.7 Å². The molecule has 0 bridgehead atoms. The summed E-state index contributed by atoms with van der Waals surface area (Å²) in [5.74, 6) is -3.39. The highest BCUT2D eigenvalue weighted by molar-refractivity contribution is 5.94. The Morgan fingerprint density at radius 3 is 2.40 bits per heavy atom. The molecule has 0 aromatic heterocycles. The molecule has 9 N–H and O–H groups in total. The molecule has 1 aliphatic rings. The lowest BCUT2D eigenvalue weighted by Gasteiger charge is -2.29. The van der Waals surface area contributed by atoms with E-state index in [0.717, 1.165) is 0 Å². The number of unbranched alkanes of at least 4 members (excludes halogenated alkanes) is 1. The Hall–Kier alpha value is -2.28. The second kappa shape index (κ2) is 12.4. The van der Waals surface area contributed by atoms with Crippen LogP contribution in [0.1, 0.15) is 39.0 Å². The number of aliphatic hydroxyl groups is 2. The number of carboxylic acids is 1. The van der Waals surface area contributed by atoms with Gasteiger partial charge >= 0.3 is 5.97 Å². The molecular formula is C18H33N5O7. The van der Waals surface area contributed by atoms with E-state index in [0.29, 0.717) is 32.2 Å². The lowest BCUT2D eigenvalue weighted by molar-refractivity contribution is -0.147. The van der Waals surface area contributed by atoms with E-state index in [1.807, 2.05) is 0 Å². The number of nitrogens with zero attached hydrogens (tertiary/aromatic N) is 1. The molecule has 5 unspecified atom stereocenters. The fourth-order valence-corrected chi connectivity index (χ4v) is 3.25. The van der Waals surface area contributed by atoms with Crippen LogP contribution >= 0.6 is 0 Å². The molecule has 0 aromatic rings. The number of nitrogens with two attached hydrogens (primary N) is 2. The highest BCUT2D eigenvalue weighted by Crippen LogP contribution is 2.19. The lowest BCUT2D eigenvalue weighted by Crippen LogP contribution is -2.58. The van der Waals surface area contributed by atoms with Crippen molar-refractivity contribution in [2.24, 2.45) is 11.5 Å². The van der Waals surface area contributed by atoms with E-state index in [-0.39, 0.29) is 13.0 Å². The van der Waals surface area contributed by atoms with E-state index >= 15 is 0 Å². The fourth-order valence-electron chi connectivity index (χ4n) is 3.25. The predicted octanol–water partition coefficient (Wildman–Crippen LogP) is -3.14. The van der Waals surface area contributed by atoms with Crippen molar-refractivity contribution in [2.45, 2.75) is 69.3 Å². The molecule has 12 nitrogen and oxygen atoms in total. The Morgan fingerprint density at radius 2 is 1.87 bits per heavy atom. The van der Waals surface area contributed by atoms with E-state index < -0.39 is 60.6 Å². The molecule has 0 radical (unpaired) electrons. The van der Waals surface area contributed by atoms with E-state index in [1.54, 1.807) is 0 Å². The summed E-state index contributed by atoms with van der Waals surface area (Å²) in [6.45, 7) is 1.22. The number of aliphatic carboxylic acids is 1. The highest BCUT2D eigenvalue weighted by atomic mass is 16.4. The van der Waals surface area contributed by atoms with Crippen molar-refractivity contribution in [1.82, 2.24) is 15.5 Å². The molecule has 0 aliphatic carbocycles. The van der Waals surface area contributed by atoms with Gasteiger partial charge in [-0.2, -0.15) is 0 Å². The lowest BCUT2D eigenvalue weighted by atomic mass is 10.1. The summed E-state index contributed by atoms with van der Waals surface area (Å²) in [5.41, 5.74) is 11.2. The normalized spacial score (nSPS) is 20.2. The smallest absolute Gasteiger partial charge is 0.328 e. The highest BCUT2D eigenvalue weighted by Gasteiger charge is 2.39. The molecule has 1 heterocycles. The molecule has 0 aromatic carbocycles. The average molecular weight is 431 g/mol. The minimum Gasteiger partial charge on any atom is -0.480 e. The summed E-state index contributed by atoms with van der Waals surface area (Å²) in [6, 6.07) is -4.63. The van der Waals surface area contributed by atoms with Crippen LogP contribution in [0.15, 0.2) is 0 Å². The second-order valence-electron chi connectivity index (χ2n) is 7.39. The number of carbonyl (C=O) groups excluding carboxylic acids is 3. The standard InChI is InChI=1S/C18H33N5O7/c1-10(25)14(18(29)30)22-16(27)13-6-4-8-23(13)17(28)12(9-24)21-15(26)11(20)5-2-3-7-19/h10-14,24-25H,2-9,19-20H2,1H3,(H,21,26)(H,22,27)(H,29,30). The van der Waals surface area contributed by atoms with Gasteiger partial charge in [-0.1, -0.05) is 6.42 Å². The van der Waals surface area contributed by atoms with Crippen LogP contribution in [0.25, 0.3) is 0 Å². The van der Waals surface area contributed by atoms with Crippen LogP contribution in [0.2, 0.25) is 0 Å². The Bertz CT molecular complexity index is 616. The van der Waals surface area contributed by atoms with Gasteiger partial charge in [-0.3, -0.25) is 14.4 Å². The van der Waals surface area contributed by atoms with Gasteiger partial charge in [-0.05, 0) is 39.2 Å². The van der Waals surface area contributed by atoms with Crippen LogP contribution in [-0.4, -0.2) is 93.9 Å². The number of carboxylic acid groups (broad SMARTS) is 1. The van der Waals surface area contributed by atoms with Gasteiger partial charge in [-0.25, -0.2) is 4.79 Å². The summed E-state index contributed by atoms with van der Waals surface area (Å²) in [6.07, 6.45) is 1.17. The number of nitrogens with one attached hydrogen (secondary N) is 2. The maximum Gasteiger partial charge on any atom is 0.328 e. The average Bonchev–Trinajstić information content (AvgIpc) is 3.18. The molecule has 0 saturated carbocycles. The molecule has 5 atom stereocenters. The Kier molecular flexibility index (Phi) is 10.7. The molecule has 30 heavy (non-hydrogen) atoms. The maximum atomic E-state index is 12.8. The van der Waals surface area contributed by atoms with Crippen LogP contribution in [0.4, 0.5) is 0 Å². The van der Waals surface area contributed by atoms with Crippen LogP contribution in [-0.2, 0) is 19.2 Å². The van der Waals surface area contributed by atoms with Crippen molar-refractivity contribution in [3.8, 4) is 0 Å². The first-order chi connectivity index (χ1) is 14.1. The molecule has 1 aliphatic heterocycles. The number of amides is 3. The Balaban J connectivity index is 2.77. The van der Waals surface area contributed by atoms with Crippen LogP contribution in [0, 0.1) is 0 Å². The zero-order valence-corrected chi connectivity index (χ0v) is 17.1. The molecule has 12 heteroatoms. The SMILES string of the molecule is CC(O)C(NC(=O)C1CCCN1C(=O)C(CO)NC(=O)C(N)CCCCN)C(=O)O. The van der Waals surface area contributed by atoms with Crippen molar-refractivity contribution in [3.63, 3.8) is 0 Å². The minimum atomic E-state index is -1.52. The van der Waals surface area contributed by atoms with E-state index in [1.165, 1.54) is 11.8 Å². The zero-order valence-electron chi connectivity index (χ0n) is 17.1. The maximum absolute atomic E-state index is 12.8. The molecule has 0 spiro atoms. The molecule has 3 amide bonds. The molecule has 1 saturated heterocycles. The largest absolute Gasteiger partial charge is 0.480 e. The van der Waals surface area contributed by atoms with Gasteiger partial charge in [0, 0.05) is 6.54 Å². The Labute approximate surface area is 175 Å². The summed E-state index contributed by atoms with van der Waals surface area (Å²) in [5, 5.41) is 32.9. The predicted molar refractivity (Wildman–Crippen MR) is 106 cm³/mol. The summed E-state index contributed by atoms with van der Waals surface area (Å²) < 4.78 is 0. The van der Waals surface area contributed by atoms with Crippen molar-refractivity contribution in [2.75, 3.05) is 19.7 Å². The van der Waals surface area contributed by atoms with Crippen LogP contribution < -0.4 is 22.1 Å². The molecule has 1 fully saturated rings. The van der Waals surface area contributed by atoms with Gasteiger partial charge in [0.15, 0.2) is 6.04 Å². The summed E-state index contributed by atoms with van der Waals surface area (Å²) in [4.78, 5) is 49.9.